The van der Waals surface area contributed by atoms with Crippen molar-refractivity contribution in [3.63, 3.8) is 0 Å². The molecule has 1 aromatic heterocycles. The Morgan fingerprint density at radius 3 is 2.89 bits per heavy atom. The van der Waals surface area contributed by atoms with Crippen LogP contribution in [0.5, 0.6) is 0 Å². The lowest BCUT2D eigenvalue weighted by Gasteiger charge is -2.36. The largest absolute Gasteiger partial charge is 0.348 e. The normalized spacial score (nSPS) is 22.5. The number of amides is 1. The van der Waals surface area contributed by atoms with Crippen molar-refractivity contribution in [2.45, 2.75) is 62.6 Å². The zero-order valence-electron chi connectivity index (χ0n) is 19.6. The van der Waals surface area contributed by atoms with E-state index in [2.05, 4.69) is 52.1 Å². The molecular formula is C27H27ClN6O. The van der Waals surface area contributed by atoms with E-state index in [0.717, 1.165) is 37.1 Å². The van der Waals surface area contributed by atoms with Crippen LogP contribution in [0.3, 0.4) is 0 Å². The first-order chi connectivity index (χ1) is 17.0. The first-order valence-corrected chi connectivity index (χ1v) is 12.6. The molecule has 3 aliphatic rings. The Kier molecular flexibility index (Phi) is 5.39. The van der Waals surface area contributed by atoms with Gasteiger partial charge in [-0.25, -0.2) is 4.68 Å². The zero-order valence-corrected chi connectivity index (χ0v) is 20.3. The Labute approximate surface area is 209 Å². The van der Waals surface area contributed by atoms with E-state index in [1.807, 2.05) is 6.07 Å². The molecular weight excluding hydrogens is 460 g/mol. The monoisotopic (exact) mass is 486 g/mol. The third kappa shape index (κ3) is 4.01. The summed E-state index contributed by atoms with van der Waals surface area (Å²) in [6.07, 6.45) is 5.81. The number of benzene rings is 2. The number of nitrogens with zero attached hydrogens (tertiary/aromatic N) is 4. The van der Waals surface area contributed by atoms with E-state index in [-0.39, 0.29) is 23.9 Å². The predicted molar refractivity (Wildman–Crippen MR) is 132 cm³/mol. The maximum absolute atomic E-state index is 12.8. The van der Waals surface area contributed by atoms with E-state index in [9.17, 15) is 10.1 Å². The summed E-state index contributed by atoms with van der Waals surface area (Å²) in [4.78, 5) is 12.8. The fourth-order valence-corrected chi connectivity index (χ4v) is 5.79. The first-order valence-electron chi connectivity index (χ1n) is 12.2. The SMILES string of the molecule is C[C@@H](c1ccc2c(c1)CNCC21CC1)n1cc(C(=O)NC2CC(c3cc(Cl)ccc3C#N)C2)nn1. The van der Waals surface area contributed by atoms with Gasteiger partial charge in [-0.15, -0.1) is 5.10 Å². The maximum Gasteiger partial charge on any atom is 0.273 e. The number of hydrogen-bond donors (Lipinski definition) is 2. The standard InChI is InChI=1S/C27H27ClN6O/c1-16(17-3-5-24-20(8-17)13-30-15-27(24)6-7-27)34-14-25(32-33-34)26(35)31-22-9-19(10-22)23-11-21(28)4-2-18(23)12-29/h2-5,8,11,14,16,19,22,30H,6-7,9-10,13,15H2,1H3,(H,31,35)/t16-,19?,22?/m0/s1. The van der Waals surface area contributed by atoms with Gasteiger partial charge in [-0.05, 0) is 79.0 Å². The van der Waals surface area contributed by atoms with Crippen LogP contribution < -0.4 is 10.6 Å². The van der Waals surface area contributed by atoms with Crippen molar-refractivity contribution in [3.05, 3.63) is 81.1 Å². The molecule has 2 fully saturated rings. The number of fused-ring (bicyclic) bond motifs is 2. The quantitative estimate of drug-likeness (QED) is 0.562. The Morgan fingerprint density at radius 1 is 1.29 bits per heavy atom. The second-order valence-corrected chi connectivity index (χ2v) is 10.7. The Bertz CT molecular complexity index is 1350. The third-order valence-electron chi connectivity index (χ3n) is 8.00. The van der Waals surface area contributed by atoms with Gasteiger partial charge in [0.15, 0.2) is 5.69 Å². The van der Waals surface area contributed by atoms with Crippen LogP contribution >= 0.6 is 11.6 Å². The van der Waals surface area contributed by atoms with Crippen molar-refractivity contribution in [2.75, 3.05) is 6.54 Å². The Morgan fingerprint density at radius 2 is 2.11 bits per heavy atom. The van der Waals surface area contributed by atoms with Gasteiger partial charge in [-0.3, -0.25) is 4.79 Å². The molecule has 2 aliphatic carbocycles. The minimum Gasteiger partial charge on any atom is -0.348 e. The highest BCUT2D eigenvalue weighted by molar-refractivity contribution is 6.30. The number of halogens is 1. The van der Waals surface area contributed by atoms with Gasteiger partial charge < -0.3 is 10.6 Å². The number of nitrogens with one attached hydrogen (secondary N) is 2. The molecule has 2 saturated carbocycles. The fourth-order valence-electron chi connectivity index (χ4n) is 5.61. The molecule has 2 aromatic carbocycles. The average molecular weight is 487 g/mol. The van der Waals surface area contributed by atoms with Crippen LogP contribution in [-0.2, 0) is 12.0 Å². The second kappa shape index (κ2) is 8.47. The van der Waals surface area contributed by atoms with Gasteiger partial charge in [0, 0.05) is 29.6 Å². The molecule has 0 bridgehead atoms. The van der Waals surface area contributed by atoms with Gasteiger partial charge in [-0.1, -0.05) is 35.0 Å². The van der Waals surface area contributed by atoms with Gasteiger partial charge in [-0.2, -0.15) is 5.26 Å². The van der Waals surface area contributed by atoms with Crippen LogP contribution in [0.4, 0.5) is 0 Å². The fraction of sp³-hybridized carbons (Fsp3) is 0.407. The van der Waals surface area contributed by atoms with Crippen molar-refractivity contribution in [1.82, 2.24) is 25.6 Å². The number of rotatable bonds is 5. The van der Waals surface area contributed by atoms with Gasteiger partial charge in [0.25, 0.3) is 5.91 Å². The minimum atomic E-state index is -0.219. The number of hydrogen-bond acceptors (Lipinski definition) is 5. The van der Waals surface area contributed by atoms with E-state index in [0.29, 0.717) is 21.7 Å². The highest BCUT2D eigenvalue weighted by atomic mass is 35.5. The molecule has 1 atom stereocenters. The third-order valence-corrected chi connectivity index (χ3v) is 8.24. The predicted octanol–water partition coefficient (Wildman–Crippen LogP) is 4.22. The lowest BCUT2D eigenvalue weighted by atomic mass is 9.74. The molecule has 8 heteroatoms. The average Bonchev–Trinajstić information content (AvgIpc) is 3.42. The molecule has 6 rings (SSSR count). The Balaban J connectivity index is 1.10. The van der Waals surface area contributed by atoms with Gasteiger partial charge >= 0.3 is 0 Å². The van der Waals surface area contributed by atoms with Crippen molar-refractivity contribution in [2.24, 2.45) is 0 Å². The molecule has 1 spiro atoms. The van der Waals surface area contributed by atoms with Crippen molar-refractivity contribution < 1.29 is 4.79 Å². The van der Waals surface area contributed by atoms with E-state index < -0.39 is 0 Å². The van der Waals surface area contributed by atoms with Crippen molar-refractivity contribution in [3.8, 4) is 6.07 Å². The van der Waals surface area contributed by atoms with Gasteiger partial charge in [0.1, 0.15) is 0 Å². The molecule has 35 heavy (non-hydrogen) atoms. The molecule has 0 radical (unpaired) electrons. The molecule has 2 N–H and O–H groups in total. The highest BCUT2D eigenvalue weighted by Gasteiger charge is 2.46. The minimum absolute atomic E-state index is 0.0215. The summed E-state index contributed by atoms with van der Waals surface area (Å²) in [5.74, 6) is 0.00134. The lowest BCUT2D eigenvalue weighted by molar-refractivity contribution is 0.0903. The molecule has 1 aliphatic heterocycles. The molecule has 178 valence electrons. The van der Waals surface area contributed by atoms with Gasteiger partial charge in [0.05, 0.1) is 23.9 Å². The summed E-state index contributed by atoms with van der Waals surface area (Å²) in [7, 11) is 0. The van der Waals surface area contributed by atoms with Crippen LogP contribution in [0.25, 0.3) is 0 Å². The van der Waals surface area contributed by atoms with E-state index in [1.54, 1.807) is 23.0 Å². The first kappa shape index (κ1) is 22.3. The molecule has 1 amide bonds. The van der Waals surface area contributed by atoms with E-state index in [1.165, 1.54) is 24.0 Å². The lowest BCUT2D eigenvalue weighted by Crippen LogP contribution is -2.43. The summed E-state index contributed by atoms with van der Waals surface area (Å²) in [6, 6.07) is 14.3. The summed E-state index contributed by atoms with van der Waals surface area (Å²) in [5, 5.41) is 25.0. The van der Waals surface area contributed by atoms with E-state index >= 15 is 0 Å². The van der Waals surface area contributed by atoms with Crippen LogP contribution in [0.2, 0.25) is 5.02 Å². The molecule has 7 nitrogen and oxygen atoms in total. The van der Waals surface area contributed by atoms with Crippen molar-refractivity contribution >= 4 is 17.5 Å². The number of carbonyl (C=O) groups excluding carboxylic acids is 1. The topological polar surface area (TPSA) is 95.6 Å². The van der Waals surface area contributed by atoms with Crippen molar-refractivity contribution in [1.29, 1.82) is 5.26 Å². The van der Waals surface area contributed by atoms with Crippen LogP contribution in [-0.4, -0.2) is 33.5 Å². The van der Waals surface area contributed by atoms with Crippen LogP contribution in [0.1, 0.15) is 82.9 Å². The maximum atomic E-state index is 12.8. The number of nitriles is 1. The van der Waals surface area contributed by atoms with Crippen LogP contribution in [0, 0.1) is 11.3 Å². The summed E-state index contributed by atoms with van der Waals surface area (Å²) in [5.41, 5.74) is 6.30. The van der Waals surface area contributed by atoms with Crippen LogP contribution in [0.15, 0.2) is 42.6 Å². The summed E-state index contributed by atoms with van der Waals surface area (Å²) >= 11 is 6.12. The molecule has 2 heterocycles. The smallest absolute Gasteiger partial charge is 0.273 e. The Hall–Kier alpha value is -3.21. The zero-order chi connectivity index (χ0) is 24.2. The summed E-state index contributed by atoms with van der Waals surface area (Å²) in [6.45, 7) is 4.06. The molecule has 0 saturated heterocycles. The summed E-state index contributed by atoms with van der Waals surface area (Å²) < 4.78 is 1.76. The van der Waals surface area contributed by atoms with E-state index in [4.69, 9.17) is 11.6 Å². The van der Waals surface area contributed by atoms with Gasteiger partial charge in [0.2, 0.25) is 0 Å². The molecule has 3 aromatic rings. The highest BCUT2D eigenvalue weighted by Crippen LogP contribution is 2.50. The number of aromatic nitrogens is 3. The second-order valence-electron chi connectivity index (χ2n) is 10.2. The molecule has 0 unspecified atom stereocenters. The number of carbonyl (C=O) groups is 1.